The van der Waals surface area contributed by atoms with Gasteiger partial charge in [-0.2, -0.15) is 0 Å². The molecular weight excluding hydrogens is 274 g/mol. The Morgan fingerprint density at radius 3 is 2.85 bits per heavy atom. The van der Waals surface area contributed by atoms with E-state index < -0.39 is 0 Å². The van der Waals surface area contributed by atoms with Gasteiger partial charge >= 0.3 is 0 Å². The number of nitrogen functional groups attached to an aromatic ring is 1. The van der Waals surface area contributed by atoms with Crippen LogP contribution in [0.15, 0.2) is 16.7 Å². The third kappa shape index (κ3) is 2.85. The number of aromatic nitrogens is 1. The molecule has 108 valence electrons. The van der Waals surface area contributed by atoms with Gasteiger partial charge in [-0.15, -0.1) is 11.3 Å². The summed E-state index contributed by atoms with van der Waals surface area (Å²) in [6, 6.07) is 4.06. The summed E-state index contributed by atoms with van der Waals surface area (Å²) in [5, 5.41) is 6.83. The molecule has 6 heteroatoms. The molecule has 0 bridgehead atoms. The summed E-state index contributed by atoms with van der Waals surface area (Å²) in [4.78, 5) is 14.4. The van der Waals surface area contributed by atoms with Crippen LogP contribution in [-0.2, 0) is 6.42 Å². The number of nitrogens with zero attached hydrogens (tertiary/aromatic N) is 1. The van der Waals surface area contributed by atoms with Crippen LogP contribution in [0.1, 0.15) is 42.4 Å². The zero-order valence-corrected chi connectivity index (χ0v) is 12.7. The van der Waals surface area contributed by atoms with Crippen molar-refractivity contribution in [1.29, 1.82) is 0 Å². The molecular formula is C14H19N3O2S. The van der Waals surface area contributed by atoms with Crippen molar-refractivity contribution >= 4 is 23.1 Å². The Kier molecular flexibility index (Phi) is 4.44. The fourth-order valence-corrected chi connectivity index (χ4v) is 2.72. The van der Waals surface area contributed by atoms with Gasteiger partial charge in [0.1, 0.15) is 11.3 Å². The van der Waals surface area contributed by atoms with Crippen molar-refractivity contribution in [1.82, 2.24) is 10.5 Å². The summed E-state index contributed by atoms with van der Waals surface area (Å²) in [5.74, 6) is -0.174. The van der Waals surface area contributed by atoms with Crippen LogP contribution < -0.4 is 11.1 Å². The number of hydrogen-bond acceptors (Lipinski definition) is 5. The molecule has 0 aliphatic carbocycles. The average molecular weight is 293 g/mol. The van der Waals surface area contributed by atoms with Crippen LogP contribution in [0, 0.1) is 0 Å². The average Bonchev–Trinajstić information content (AvgIpc) is 3.04. The largest absolute Gasteiger partial charge is 0.367 e. The molecule has 0 saturated heterocycles. The van der Waals surface area contributed by atoms with E-state index in [1.54, 1.807) is 11.3 Å². The normalized spacial score (nSPS) is 12.3. The van der Waals surface area contributed by atoms with Crippen molar-refractivity contribution in [2.75, 3.05) is 5.73 Å². The molecule has 2 heterocycles. The number of rotatable bonds is 5. The van der Waals surface area contributed by atoms with Crippen LogP contribution in [0.3, 0.4) is 0 Å². The van der Waals surface area contributed by atoms with E-state index in [-0.39, 0.29) is 17.8 Å². The van der Waals surface area contributed by atoms with Crippen LogP contribution in [0.4, 0.5) is 5.88 Å². The Morgan fingerprint density at radius 1 is 1.50 bits per heavy atom. The fourth-order valence-electron chi connectivity index (χ4n) is 1.78. The van der Waals surface area contributed by atoms with Crippen LogP contribution in [-0.4, -0.2) is 17.1 Å². The quantitative estimate of drug-likeness (QED) is 0.887. The van der Waals surface area contributed by atoms with E-state index in [1.165, 1.54) is 4.88 Å². The van der Waals surface area contributed by atoms with Gasteiger partial charge in [0.05, 0.1) is 4.88 Å². The third-order valence-corrected chi connectivity index (χ3v) is 4.42. The Balaban J connectivity index is 2.34. The first-order chi connectivity index (χ1) is 9.56. The predicted octanol–water partition coefficient (Wildman–Crippen LogP) is 3.08. The number of carbonyl (C=O) groups excluding carboxylic acids is 1. The lowest BCUT2D eigenvalue weighted by Crippen LogP contribution is -2.32. The van der Waals surface area contributed by atoms with Crippen molar-refractivity contribution < 1.29 is 9.32 Å². The minimum atomic E-state index is -0.237. The summed E-state index contributed by atoms with van der Waals surface area (Å²) in [6.07, 6.45) is 1.80. The van der Waals surface area contributed by atoms with Crippen molar-refractivity contribution in [3.05, 3.63) is 22.6 Å². The van der Waals surface area contributed by atoms with Crippen LogP contribution in [0.2, 0.25) is 0 Å². The number of thiophene rings is 1. The summed E-state index contributed by atoms with van der Waals surface area (Å²) < 4.78 is 5.00. The first-order valence-electron chi connectivity index (χ1n) is 6.71. The first-order valence-corrected chi connectivity index (χ1v) is 7.53. The highest BCUT2D eigenvalue weighted by molar-refractivity contribution is 7.15. The monoisotopic (exact) mass is 293 g/mol. The second-order valence-corrected chi connectivity index (χ2v) is 5.84. The number of amides is 1. The molecule has 0 aliphatic rings. The van der Waals surface area contributed by atoms with Crippen molar-refractivity contribution in [2.24, 2.45) is 0 Å². The van der Waals surface area contributed by atoms with E-state index in [0.29, 0.717) is 11.3 Å². The molecule has 20 heavy (non-hydrogen) atoms. The SMILES string of the molecule is CCc1ccc(-c2noc(N)c2C(=O)NC(C)CC)s1. The van der Waals surface area contributed by atoms with E-state index in [0.717, 1.165) is 17.7 Å². The maximum Gasteiger partial charge on any atom is 0.259 e. The molecule has 3 N–H and O–H groups in total. The highest BCUT2D eigenvalue weighted by Crippen LogP contribution is 2.32. The van der Waals surface area contributed by atoms with Crippen molar-refractivity contribution in [2.45, 2.75) is 39.7 Å². The van der Waals surface area contributed by atoms with E-state index >= 15 is 0 Å². The number of nitrogens with two attached hydrogens (primary N) is 1. The van der Waals surface area contributed by atoms with Gasteiger partial charge in [-0.1, -0.05) is 19.0 Å². The molecule has 0 fully saturated rings. The predicted molar refractivity (Wildman–Crippen MR) is 80.8 cm³/mol. The second-order valence-electron chi connectivity index (χ2n) is 4.67. The fraction of sp³-hybridized carbons (Fsp3) is 0.429. The zero-order valence-electron chi connectivity index (χ0n) is 11.9. The third-order valence-electron chi connectivity index (χ3n) is 3.18. The van der Waals surface area contributed by atoms with E-state index in [4.69, 9.17) is 10.3 Å². The number of anilines is 1. The Labute approximate surface area is 122 Å². The molecule has 0 radical (unpaired) electrons. The van der Waals surface area contributed by atoms with Gasteiger partial charge in [-0.05, 0) is 31.9 Å². The Hall–Kier alpha value is -1.82. The molecule has 2 aromatic rings. The van der Waals surface area contributed by atoms with Crippen LogP contribution in [0.25, 0.3) is 10.6 Å². The number of nitrogens with one attached hydrogen (secondary N) is 1. The standard InChI is InChI=1S/C14H19N3O2S/c1-4-8(3)16-14(18)11-12(17-19-13(11)15)10-7-6-9(5-2)20-10/h6-8H,4-5,15H2,1-3H3,(H,16,18). The van der Waals surface area contributed by atoms with Crippen molar-refractivity contribution in [3.8, 4) is 10.6 Å². The lowest BCUT2D eigenvalue weighted by atomic mass is 10.1. The number of hydrogen-bond donors (Lipinski definition) is 2. The summed E-state index contributed by atoms with van der Waals surface area (Å²) in [5.41, 5.74) is 6.60. The van der Waals surface area contributed by atoms with Gasteiger partial charge in [0, 0.05) is 10.9 Å². The van der Waals surface area contributed by atoms with Gasteiger partial charge < -0.3 is 15.6 Å². The van der Waals surface area contributed by atoms with Gasteiger partial charge in [0.15, 0.2) is 0 Å². The summed E-state index contributed by atoms with van der Waals surface area (Å²) in [6.45, 7) is 6.04. The van der Waals surface area contributed by atoms with Gasteiger partial charge in [-0.3, -0.25) is 4.79 Å². The number of aryl methyl sites for hydroxylation is 1. The van der Waals surface area contributed by atoms with Gasteiger partial charge in [0.2, 0.25) is 5.88 Å². The van der Waals surface area contributed by atoms with E-state index in [2.05, 4.69) is 17.4 Å². The second kappa shape index (κ2) is 6.09. The molecule has 2 rings (SSSR count). The molecule has 2 aromatic heterocycles. The minimum Gasteiger partial charge on any atom is -0.367 e. The molecule has 0 aromatic carbocycles. The molecule has 0 saturated carbocycles. The van der Waals surface area contributed by atoms with Gasteiger partial charge in [0.25, 0.3) is 5.91 Å². The lowest BCUT2D eigenvalue weighted by Gasteiger charge is -2.10. The summed E-state index contributed by atoms with van der Waals surface area (Å²) in [7, 11) is 0. The zero-order chi connectivity index (χ0) is 14.7. The van der Waals surface area contributed by atoms with Crippen molar-refractivity contribution in [3.63, 3.8) is 0 Å². The van der Waals surface area contributed by atoms with E-state index in [1.807, 2.05) is 26.0 Å². The lowest BCUT2D eigenvalue weighted by molar-refractivity contribution is 0.0940. The molecule has 0 spiro atoms. The Morgan fingerprint density at radius 2 is 2.25 bits per heavy atom. The van der Waals surface area contributed by atoms with Gasteiger partial charge in [-0.25, -0.2) is 0 Å². The molecule has 1 amide bonds. The number of carbonyl (C=O) groups is 1. The smallest absolute Gasteiger partial charge is 0.259 e. The van der Waals surface area contributed by atoms with E-state index in [9.17, 15) is 4.79 Å². The molecule has 1 unspecified atom stereocenters. The first kappa shape index (κ1) is 14.6. The Bertz CT molecular complexity index is 603. The van der Waals surface area contributed by atoms with Crippen LogP contribution in [0.5, 0.6) is 0 Å². The topological polar surface area (TPSA) is 81.2 Å². The maximum absolute atomic E-state index is 12.3. The highest BCUT2D eigenvalue weighted by atomic mass is 32.1. The molecule has 1 atom stereocenters. The molecule has 0 aliphatic heterocycles. The maximum atomic E-state index is 12.3. The molecule has 5 nitrogen and oxygen atoms in total. The summed E-state index contributed by atoms with van der Waals surface area (Å²) >= 11 is 1.60. The highest BCUT2D eigenvalue weighted by Gasteiger charge is 2.24. The van der Waals surface area contributed by atoms with Crippen LogP contribution >= 0.6 is 11.3 Å². The minimum absolute atomic E-state index is 0.0623.